The first-order valence-electron chi connectivity index (χ1n) is 6.17. The molecule has 2 N–H and O–H groups in total. The molecule has 1 aromatic rings. The zero-order valence-corrected chi connectivity index (χ0v) is 12.0. The van der Waals surface area contributed by atoms with Crippen LogP contribution in [0, 0.1) is 16.0 Å². The van der Waals surface area contributed by atoms with Gasteiger partial charge >= 0.3 is 5.97 Å². The van der Waals surface area contributed by atoms with E-state index in [1.807, 2.05) is 6.92 Å². The molecular weight excluding hydrogens is 302 g/mol. The zero-order valence-electron chi connectivity index (χ0n) is 11.2. The van der Waals surface area contributed by atoms with Gasteiger partial charge < -0.3 is 10.4 Å². The fourth-order valence-corrected chi connectivity index (χ4v) is 1.86. The Balaban J connectivity index is 2.82. The van der Waals surface area contributed by atoms with Crippen LogP contribution in [0.4, 0.5) is 5.69 Å². The Morgan fingerprint density at radius 3 is 2.76 bits per heavy atom. The highest BCUT2D eigenvalue weighted by molar-refractivity contribution is 6.32. The van der Waals surface area contributed by atoms with Crippen LogP contribution < -0.4 is 5.32 Å². The second-order valence-electron chi connectivity index (χ2n) is 4.32. The predicted octanol–water partition coefficient (Wildman–Crippen LogP) is 1.87. The van der Waals surface area contributed by atoms with Crippen LogP contribution in [0.5, 0.6) is 0 Å². The van der Waals surface area contributed by atoms with E-state index in [1.54, 1.807) is 0 Å². The Morgan fingerprint density at radius 1 is 1.57 bits per heavy atom. The number of hydrogen-bond donors (Lipinski definition) is 2. The highest BCUT2D eigenvalue weighted by atomic mass is 35.5. The third-order valence-corrected chi connectivity index (χ3v) is 3.08. The molecule has 0 aliphatic heterocycles. The van der Waals surface area contributed by atoms with E-state index in [-0.39, 0.29) is 22.9 Å². The number of aromatic nitrogens is 1. The van der Waals surface area contributed by atoms with Crippen molar-refractivity contribution in [1.82, 2.24) is 10.3 Å². The number of hydrogen-bond acceptors (Lipinski definition) is 5. The van der Waals surface area contributed by atoms with Gasteiger partial charge in [-0.15, -0.1) is 0 Å². The molecule has 0 bridgehead atoms. The third-order valence-electron chi connectivity index (χ3n) is 2.78. The number of halogens is 1. The lowest BCUT2D eigenvalue weighted by Gasteiger charge is -2.12. The topological polar surface area (TPSA) is 122 Å². The van der Waals surface area contributed by atoms with Gasteiger partial charge in [0.1, 0.15) is 11.3 Å². The molecule has 8 nitrogen and oxygen atoms in total. The first-order valence-corrected chi connectivity index (χ1v) is 6.55. The van der Waals surface area contributed by atoms with Gasteiger partial charge in [0.05, 0.1) is 16.4 Å². The van der Waals surface area contributed by atoms with E-state index in [1.165, 1.54) is 0 Å². The van der Waals surface area contributed by atoms with Gasteiger partial charge in [-0.2, -0.15) is 0 Å². The summed E-state index contributed by atoms with van der Waals surface area (Å²) in [5.41, 5.74) is -0.528. The van der Waals surface area contributed by atoms with E-state index in [2.05, 4.69) is 10.3 Å². The molecule has 0 saturated carbocycles. The molecule has 0 radical (unpaired) electrons. The molecule has 114 valence electrons. The number of carboxylic acid groups (broad SMARTS) is 1. The van der Waals surface area contributed by atoms with Crippen molar-refractivity contribution in [2.75, 3.05) is 6.54 Å². The summed E-state index contributed by atoms with van der Waals surface area (Å²) in [5.74, 6) is -2.43. The lowest BCUT2D eigenvalue weighted by molar-refractivity contribution is -0.385. The summed E-state index contributed by atoms with van der Waals surface area (Å²) in [6, 6.07) is 1.00. The lowest BCUT2D eigenvalue weighted by Crippen LogP contribution is -2.33. The molecule has 0 aliphatic carbocycles. The number of carbonyl (C=O) groups is 2. The maximum atomic E-state index is 11.9. The van der Waals surface area contributed by atoms with E-state index in [0.29, 0.717) is 12.8 Å². The summed E-state index contributed by atoms with van der Waals surface area (Å²) >= 11 is 5.72. The Labute approximate surface area is 125 Å². The highest BCUT2D eigenvalue weighted by Crippen LogP contribution is 2.19. The molecule has 9 heteroatoms. The number of nitrogens with one attached hydrogen (secondary N) is 1. The average molecular weight is 316 g/mol. The first-order chi connectivity index (χ1) is 9.86. The minimum atomic E-state index is -1.01. The van der Waals surface area contributed by atoms with Crippen LogP contribution >= 0.6 is 11.6 Å². The number of amides is 1. The Kier molecular flexibility index (Phi) is 6.04. The average Bonchev–Trinajstić information content (AvgIpc) is 2.42. The van der Waals surface area contributed by atoms with Crippen LogP contribution in [0.15, 0.2) is 12.3 Å². The number of aliphatic carboxylic acids is 1. The van der Waals surface area contributed by atoms with Crippen LogP contribution in [0.1, 0.15) is 30.1 Å². The maximum absolute atomic E-state index is 11.9. The van der Waals surface area contributed by atoms with Crippen LogP contribution in [-0.4, -0.2) is 33.4 Å². The van der Waals surface area contributed by atoms with Gasteiger partial charge in [0.25, 0.3) is 11.6 Å². The van der Waals surface area contributed by atoms with E-state index in [0.717, 1.165) is 12.3 Å². The van der Waals surface area contributed by atoms with Gasteiger partial charge in [0.2, 0.25) is 0 Å². The Bertz CT molecular complexity index is 564. The molecule has 1 atom stereocenters. The van der Waals surface area contributed by atoms with Crippen LogP contribution in [-0.2, 0) is 4.79 Å². The quantitative estimate of drug-likeness (QED) is 0.450. The number of pyridine rings is 1. The monoisotopic (exact) mass is 315 g/mol. The standard InChI is InChI=1S/C12H14ClN3O5/c1-2-3-7(12(18)19)5-15-11(17)9-4-8(16(20)21)6-14-10(9)13/h4,6-7H,2-3,5H2,1H3,(H,15,17)(H,18,19). The number of nitro groups is 1. The zero-order chi connectivity index (χ0) is 16.0. The summed E-state index contributed by atoms with van der Waals surface area (Å²) < 4.78 is 0. The predicted molar refractivity (Wildman–Crippen MR) is 74.3 cm³/mol. The van der Waals surface area contributed by atoms with Crippen LogP contribution in [0.3, 0.4) is 0 Å². The summed E-state index contributed by atoms with van der Waals surface area (Å²) in [5, 5.41) is 21.8. The van der Waals surface area contributed by atoms with E-state index in [9.17, 15) is 19.7 Å². The van der Waals surface area contributed by atoms with Crippen LogP contribution in [0.2, 0.25) is 5.15 Å². The van der Waals surface area contributed by atoms with Crippen molar-refractivity contribution in [3.05, 3.63) is 33.1 Å². The van der Waals surface area contributed by atoms with Crippen molar-refractivity contribution < 1.29 is 19.6 Å². The van der Waals surface area contributed by atoms with Gasteiger partial charge in [-0.05, 0) is 6.42 Å². The highest BCUT2D eigenvalue weighted by Gasteiger charge is 2.20. The maximum Gasteiger partial charge on any atom is 0.308 e. The van der Waals surface area contributed by atoms with Crippen molar-refractivity contribution in [1.29, 1.82) is 0 Å². The molecule has 0 spiro atoms. The van der Waals surface area contributed by atoms with Gasteiger partial charge in [-0.1, -0.05) is 24.9 Å². The molecule has 1 rings (SSSR count). The van der Waals surface area contributed by atoms with Gasteiger partial charge in [0.15, 0.2) is 0 Å². The minimum absolute atomic E-state index is 0.0823. The molecule has 1 amide bonds. The molecule has 0 fully saturated rings. The fourth-order valence-electron chi connectivity index (χ4n) is 1.67. The normalized spacial score (nSPS) is 11.7. The molecule has 1 aromatic heterocycles. The van der Waals surface area contributed by atoms with E-state index in [4.69, 9.17) is 16.7 Å². The smallest absolute Gasteiger partial charge is 0.308 e. The molecular formula is C12H14ClN3O5. The van der Waals surface area contributed by atoms with Crippen molar-refractivity contribution in [2.24, 2.45) is 5.92 Å². The molecule has 1 unspecified atom stereocenters. The number of carbonyl (C=O) groups excluding carboxylic acids is 1. The Morgan fingerprint density at radius 2 is 2.24 bits per heavy atom. The van der Waals surface area contributed by atoms with Gasteiger partial charge in [-0.25, -0.2) is 4.98 Å². The third kappa shape index (κ3) is 4.67. The second kappa shape index (κ2) is 7.53. The van der Waals surface area contributed by atoms with Crippen molar-refractivity contribution in [3.63, 3.8) is 0 Å². The van der Waals surface area contributed by atoms with Gasteiger partial charge in [0, 0.05) is 12.6 Å². The van der Waals surface area contributed by atoms with E-state index >= 15 is 0 Å². The molecule has 1 heterocycles. The number of carboxylic acids is 1. The lowest BCUT2D eigenvalue weighted by atomic mass is 10.0. The van der Waals surface area contributed by atoms with Crippen molar-refractivity contribution >= 4 is 29.2 Å². The van der Waals surface area contributed by atoms with Crippen LogP contribution in [0.25, 0.3) is 0 Å². The SMILES string of the molecule is CCCC(CNC(=O)c1cc([N+](=O)[O-])cnc1Cl)C(=O)O. The number of nitrogens with zero attached hydrogens (tertiary/aromatic N) is 2. The molecule has 0 aliphatic rings. The Hall–Kier alpha value is -2.22. The fraction of sp³-hybridized carbons (Fsp3) is 0.417. The first kappa shape index (κ1) is 16.8. The molecule has 0 saturated heterocycles. The van der Waals surface area contributed by atoms with Crippen molar-refractivity contribution in [2.45, 2.75) is 19.8 Å². The van der Waals surface area contributed by atoms with Gasteiger partial charge in [-0.3, -0.25) is 19.7 Å². The minimum Gasteiger partial charge on any atom is -0.481 e. The summed E-state index contributed by atoms with van der Waals surface area (Å²) in [4.78, 5) is 36.4. The molecule has 0 aromatic carbocycles. The summed E-state index contributed by atoms with van der Waals surface area (Å²) in [7, 11) is 0. The summed E-state index contributed by atoms with van der Waals surface area (Å²) in [6.07, 6.45) is 2.01. The largest absolute Gasteiger partial charge is 0.481 e. The number of rotatable bonds is 7. The second-order valence-corrected chi connectivity index (χ2v) is 4.68. The van der Waals surface area contributed by atoms with Crippen molar-refractivity contribution in [3.8, 4) is 0 Å². The summed E-state index contributed by atoms with van der Waals surface area (Å²) in [6.45, 7) is 1.75. The molecule has 21 heavy (non-hydrogen) atoms. The van der Waals surface area contributed by atoms with E-state index < -0.39 is 22.7 Å².